The molecule has 0 saturated heterocycles. The van der Waals surface area contributed by atoms with E-state index in [0.29, 0.717) is 84.2 Å². The van der Waals surface area contributed by atoms with Gasteiger partial charge in [-0.15, -0.1) is 0 Å². The monoisotopic (exact) mass is 1640 g/mol. The van der Waals surface area contributed by atoms with Crippen molar-refractivity contribution < 1.29 is 50.9 Å². The molecule has 0 radical (unpaired) electrons. The van der Waals surface area contributed by atoms with Crippen LogP contribution in [-0.4, -0.2) is 164 Å². The molecule has 15 heterocycles. The molecule has 119 heavy (non-hydrogen) atoms. The number of amides is 3. The minimum Gasteiger partial charge on any atom is -0.503 e. The van der Waals surface area contributed by atoms with Crippen LogP contribution in [0.25, 0.3) is 67.7 Å². The Labute approximate surface area is 676 Å². The number of aromatic nitrogens is 18. The number of H-pyrrole nitrogens is 3. The average molecular weight is 1650 g/mol. The maximum absolute atomic E-state index is 14.8. The number of halogens is 6. The molecule has 17 rings (SSSR count). The summed E-state index contributed by atoms with van der Waals surface area (Å²) in [6.07, 6.45) is 6.65. The lowest BCUT2D eigenvalue weighted by Crippen LogP contribution is -2.46. The number of nitrogens with two attached hydrogens (primary N) is 1. The highest BCUT2D eigenvalue weighted by Crippen LogP contribution is 2.32. The van der Waals surface area contributed by atoms with Crippen molar-refractivity contribution in [3.05, 3.63) is 251 Å². The molecule has 0 spiro atoms. The van der Waals surface area contributed by atoms with E-state index in [-0.39, 0.29) is 148 Å². The van der Waals surface area contributed by atoms with Crippen LogP contribution in [0.15, 0.2) is 155 Å². The van der Waals surface area contributed by atoms with Crippen molar-refractivity contribution in [2.45, 2.75) is 112 Å². The normalized spacial score (nSPS) is 13.1. The number of hydrogen-bond acceptors (Lipinski definition) is 24. The third-order valence-corrected chi connectivity index (χ3v) is 19.8. The van der Waals surface area contributed by atoms with Crippen LogP contribution in [0.2, 0.25) is 5.15 Å². The highest BCUT2D eigenvalue weighted by Gasteiger charge is 2.36. The Balaban J connectivity index is 0.000000136. The Morgan fingerprint density at radius 1 is 0.462 bits per heavy atom. The van der Waals surface area contributed by atoms with Crippen molar-refractivity contribution in [1.82, 2.24) is 104 Å². The zero-order valence-corrected chi connectivity index (χ0v) is 65.2. The fourth-order valence-electron chi connectivity index (χ4n) is 13.6. The van der Waals surface area contributed by atoms with E-state index >= 15 is 0 Å². The molecule has 8 N–H and O–H groups in total. The van der Waals surface area contributed by atoms with Gasteiger partial charge in [0.25, 0.3) is 17.7 Å². The van der Waals surface area contributed by atoms with Crippen LogP contribution >= 0.6 is 11.6 Å². The number of pyridine rings is 6. The molecule has 0 aliphatic carbocycles. The minimum absolute atomic E-state index is 0.0244. The third-order valence-electron chi connectivity index (χ3n) is 19.5. The maximum atomic E-state index is 14.8. The molecular formula is C80H74ClF5N24O9. The van der Waals surface area contributed by atoms with E-state index in [1.807, 2.05) is 113 Å². The van der Waals surface area contributed by atoms with E-state index in [9.17, 15) is 55.8 Å². The van der Waals surface area contributed by atoms with Crippen LogP contribution < -0.4 is 42.1 Å². The molecule has 14 aromatic rings. The number of aromatic hydroxyl groups is 1. The molecule has 3 aliphatic heterocycles. The van der Waals surface area contributed by atoms with Crippen LogP contribution in [0, 0.1) is 29.1 Å². The second kappa shape index (κ2) is 35.0. The van der Waals surface area contributed by atoms with E-state index in [2.05, 4.69) is 86.1 Å². The van der Waals surface area contributed by atoms with Gasteiger partial charge in [-0.05, 0) is 76.9 Å². The fraction of sp³-hybridized carbons (Fsp3) is 0.250. The first kappa shape index (κ1) is 81.3. The molecule has 3 amide bonds. The summed E-state index contributed by atoms with van der Waals surface area (Å²) in [4.78, 5) is 119. The molecule has 33 nitrogen and oxygen atoms in total. The zero-order chi connectivity index (χ0) is 84.0. The van der Waals surface area contributed by atoms with Crippen LogP contribution in [0.1, 0.15) is 101 Å². The highest BCUT2D eigenvalue weighted by atomic mass is 35.5. The molecule has 0 bridgehead atoms. The Bertz CT molecular complexity index is 6390. The van der Waals surface area contributed by atoms with E-state index in [0.717, 1.165) is 47.5 Å². The average Bonchev–Trinajstić information content (AvgIpc) is 1.75. The smallest absolute Gasteiger partial charge is 0.274 e. The fourth-order valence-corrected chi connectivity index (χ4v) is 13.7. The number of rotatable bonds is 19. The predicted octanol–water partition coefficient (Wildman–Crippen LogP) is 9.90. The quantitative estimate of drug-likeness (QED) is 0.0292. The minimum atomic E-state index is -0.760. The van der Waals surface area contributed by atoms with Gasteiger partial charge in [0.2, 0.25) is 16.3 Å². The van der Waals surface area contributed by atoms with Gasteiger partial charge in [-0.2, -0.15) is 15.3 Å². The summed E-state index contributed by atoms with van der Waals surface area (Å²) in [6.45, 7) is 14.7. The van der Waals surface area contributed by atoms with Crippen molar-refractivity contribution in [2.75, 3.05) is 30.3 Å². The van der Waals surface area contributed by atoms with Gasteiger partial charge in [-0.1, -0.05) is 72.3 Å². The maximum Gasteiger partial charge on any atom is 0.274 e. The Kier molecular flexibility index (Phi) is 23.9. The molecule has 0 unspecified atom stereocenters. The number of nitrogens with zero attached hydrogens (tertiary/aromatic N) is 18. The van der Waals surface area contributed by atoms with Gasteiger partial charge in [0, 0.05) is 111 Å². The molecule has 610 valence electrons. The summed E-state index contributed by atoms with van der Waals surface area (Å²) in [5.41, 5.74) is 10.1. The number of carbonyl (C=O) groups is 3. The standard InChI is InChI=1S/C29H26F2N8O3.C22H20F2N8O3.C19H23N3O3.C10H5ClFN5/c1-16(2)38-8-9-39-19(11-22(40)25(24(39)29(38)41)42-15-17-6-4-3-5-7-17)13-33-27-21(31)14-34-28(35-27)23-20-10-18(30)12-32-26(20)37-36-23;1-10(2)31-3-4-32-12(6-15(33)18(34)17(32)22(31)35)8-26-20-14(24)9-27-21(28-20)16-13-5-11(23)7-25-19(13)30-29-16;1-13(2)21-8-9-22-15(11-20)10-16(23)18(17(22)19(21)24)25-12-14-6-4-3-5-7-14;11-8-6(12)4-14-10(15-8)7-5-2-1-3-13-9(5)17-16-7/h3-7,10-12,14,16H,8-9,13,15H2,1-2H3,(H,32,36,37)(H,33,34,35);5-7,9-10,34H,3-4,8H2,1-2H3,(H,25,29,30)(H,26,27,28);3-7,10,13H,8-9,11-12,20H2,1-2H3;1-4H,(H,13,16,17). The summed E-state index contributed by atoms with van der Waals surface area (Å²) in [5.74, 6) is -4.71. The van der Waals surface area contributed by atoms with Gasteiger partial charge >= 0.3 is 0 Å². The van der Waals surface area contributed by atoms with Gasteiger partial charge in [0.1, 0.15) is 41.9 Å². The van der Waals surface area contributed by atoms with Crippen molar-refractivity contribution in [3.63, 3.8) is 0 Å². The zero-order valence-electron chi connectivity index (χ0n) is 64.4. The number of hydrogen-bond donors (Lipinski definition) is 7. The number of benzene rings is 2. The SMILES string of the molecule is CC(C)N1CCn2c(CN)cc(=O)c(OCc3ccccc3)c2C1=O.CC(C)N1CCn2c(CNc3nc(-c4[nH]nc5ncc(F)cc45)ncc3F)cc(=O)c(O)c2C1=O.CC(C)N1CCn2c(CNc3nc(-c4[nH]nc5ncc(F)cc45)ncc3F)cc(=O)c(OCc3ccccc3)c2C1=O.Fc1cnc(-c2[nH]nc3ncccc23)nc1Cl. The number of anilines is 2. The summed E-state index contributed by atoms with van der Waals surface area (Å²) in [5, 5.41) is 37.4. The van der Waals surface area contributed by atoms with Gasteiger partial charge in [-0.25, -0.2) is 66.8 Å². The molecule has 39 heteroatoms. The van der Waals surface area contributed by atoms with Crippen LogP contribution in [0.4, 0.5) is 33.6 Å². The van der Waals surface area contributed by atoms with Crippen LogP contribution in [-0.2, 0) is 52.5 Å². The predicted molar refractivity (Wildman–Crippen MR) is 426 cm³/mol. The second-order valence-electron chi connectivity index (χ2n) is 28.1. The summed E-state index contributed by atoms with van der Waals surface area (Å²) in [6, 6.07) is 28.9. The lowest BCUT2D eigenvalue weighted by atomic mass is 10.1. The summed E-state index contributed by atoms with van der Waals surface area (Å²) < 4.78 is 86.6. The third kappa shape index (κ3) is 17.2. The number of nitrogens with one attached hydrogen (secondary N) is 5. The second-order valence-corrected chi connectivity index (χ2v) is 28.4. The van der Waals surface area contributed by atoms with Crippen molar-refractivity contribution in [1.29, 1.82) is 0 Å². The first-order valence-electron chi connectivity index (χ1n) is 37.3. The molecule has 0 saturated carbocycles. The molecule has 3 aliphatic rings. The van der Waals surface area contributed by atoms with E-state index < -0.39 is 51.6 Å². The molecule has 2 aromatic carbocycles. The number of fused-ring (bicyclic) bond motifs is 6. The van der Waals surface area contributed by atoms with Crippen LogP contribution in [0.3, 0.4) is 0 Å². The number of aromatic amines is 3. The summed E-state index contributed by atoms with van der Waals surface area (Å²) in [7, 11) is 0. The van der Waals surface area contributed by atoms with Crippen molar-refractivity contribution >= 4 is 74.1 Å². The van der Waals surface area contributed by atoms with Gasteiger partial charge in [0.05, 0.1) is 54.8 Å². The Morgan fingerprint density at radius 2 is 0.857 bits per heavy atom. The lowest BCUT2D eigenvalue weighted by Gasteiger charge is -2.35. The van der Waals surface area contributed by atoms with Crippen molar-refractivity contribution in [3.8, 4) is 51.8 Å². The number of ether oxygens (including phenoxy) is 2. The first-order chi connectivity index (χ1) is 57.3. The van der Waals surface area contributed by atoms with E-state index in [4.69, 9.17) is 26.8 Å². The topological polar surface area (TPSA) is 418 Å². The van der Waals surface area contributed by atoms with E-state index in [1.54, 1.807) is 36.1 Å². The van der Waals surface area contributed by atoms with E-state index in [1.165, 1.54) is 30.3 Å². The molecule has 12 aromatic heterocycles. The Morgan fingerprint density at radius 3 is 1.30 bits per heavy atom. The van der Waals surface area contributed by atoms with Gasteiger partial charge < -0.3 is 59.3 Å². The summed E-state index contributed by atoms with van der Waals surface area (Å²) >= 11 is 5.61. The molecule has 0 atom stereocenters. The lowest BCUT2D eigenvalue weighted by molar-refractivity contribution is 0.0628. The Hall–Kier alpha value is -14.3. The van der Waals surface area contributed by atoms with Crippen LogP contribution in [0.5, 0.6) is 17.2 Å². The largest absolute Gasteiger partial charge is 0.503 e. The molecular weight excluding hydrogens is 1570 g/mol. The first-order valence-corrected chi connectivity index (χ1v) is 37.7. The number of carbonyl (C=O) groups excluding carboxylic acids is 3. The van der Waals surface area contributed by atoms with Crippen molar-refractivity contribution in [2.24, 2.45) is 5.73 Å². The van der Waals surface area contributed by atoms with Gasteiger partial charge in [-0.3, -0.25) is 44.1 Å². The van der Waals surface area contributed by atoms with Gasteiger partial charge in [0.15, 0.2) is 103 Å². The highest BCUT2D eigenvalue weighted by molar-refractivity contribution is 6.29. The molecule has 0 fully saturated rings.